The SMILES string of the molecule is CCC=CCCC=Cn1c(=O)ccn(Nc2ccccc2)c1=O. The van der Waals surface area contributed by atoms with Gasteiger partial charge in [-0.3, -0.25) is 10.2 Å². The van der Waals surface area contributed by atoms with Gasteiger partial charge in [-0.2, -0.15) is 0 Å². The number of rotatable bonds is 7. The van der Waals surface area contributed by atoms with E-state index < -0.39 is 5.69 Å². The predicted molar refractivity (Wildman–Crippen MR) is 94.4 cm³/mol. The summed E-state index contributed by atoms with van der Waals surface area (Å²) in [4.78, 5) is 24.2. The minimum Gasteiger partial charge on any atom is -0.290 e. The van der Waals surface area contributed by atoms with Crippen LogP contribution in [0.5, 0.6) is 0 Å². The normalized spacial score (nSPS) is 11.3. The minimum atomic E-state index is -0.429. The lowest BCUT2D eigenvalue weighted by Gasteiger charge is -2.09. The minimum absolute atomic E-state index is 0.346. The summed E-state index contributed by atoms with van der Waals surface area (Å²) in [7, 11) is 0. The Kier molecular flexibility index (Phi) is 6.17. The molecule has 0 unspecified atom stereocenters. The van der Waals surface area contributed by atoms with Crippen molar-refractivity contribution in [1.82, 2.24) is 9.24 Å². The van der Waals surface area contributed by atoms with E-state index in [0.29, 0.717) is 0 Å². The van der Waals surface area contributed by atoms with Gasteiger partial charge in [-0.15, -0.1) is 0 Å². The third-order valence-electron chi connectivity index (χ3n) is 3.20. The maximum absolute atomic E-state index is 12.4. The van der Waals surface area contributed by atoms with Crippen LogP contribution >= 0.6 is 0 Å². The Bertz CT molecular complexity index is 786. The van der Waals surface area contributed by atoms with Gasteiger partial charge in [-0.1, -0.05) is 43.4 Å². The Hall–Kier alpha value is -2.82. The van der Waals surface area contributed by atoms with Crippen LogP contribution in [0.15, 0.2) is 70.4 Å². The van der Waals surface area contributed by atoms with E-state index in [2.05, 4.69) is 24.5 Å². The zero-order chi connectivity index (χ0) is 16.5. The molecule has 0 saturated heterocycles. The molecule has 0 spiro atoms. The molecule has 0 aliphatic heterocycles. The molecule has 5 nitrogen and oxygen atoms in total. The van der Waals surface area contributed by atoms with Gasteiger partial charge in [0.2, 0.25) is 0 Å². The highest BCUT2D eigenvalue weighted by Crippen LogP contribution is 2.03. The van der Waals surface area contributed by atoms with Crippen molar-refractivity contribution in [3.8, 4) is 0 Å². The van der Waals surface area contributed by atoms with Crippen molar-refractivity contribution in [1.29, 1.82) is 0 Å². The highest BCUT2D eigenvalue weighted by atomic mass is 16.2. The fraction of sp³-hybridized carbons (Fsp3) is 0.222. The lowest BCUT2D eigenvalue weighted by Crippen LogP contribution is -2.38. The molecule has 0 amide bonds. The molecule has 1 heterocycles. The first-order valence-electron chi connectivity index (χ1n) is 7.70. The summed E-state index contributed by atoms with van der Waals surface area (Å²) in [5.41, 5.74) is 2.95. The van der Waals surface area contributed by atoms with E-state index in [4.69, 9.17) is 0 Å². The second kappa shape index (κ2) is 8.58. The monoisotopic (exact) mass is 311 g/mol. The topological polar surface area (TPSA) is 56.0 Å². The largest absolute Gasteiger partial charge is 0.353 e. The fourth-order valence-electron chi connectivity index (χ4n) is 2.02. The van der Waals surface area contributed by atoms with Crippen molar-refractivity contribution in [2.45, 2.75) is 26.2 Å². The second-order valence-electron chi connectivity index (χ2n) is 5.00. The first-order valence-corrected chi connectivity index (χ1v) is 7.70. The van der Waals surface area contributed by atoms with Gasteiger partial charge in [0.05, 0.1) is 5.69 Å². The van der Waals surface area contributed by atoms with E-state index in [1.54, 1.807) is 0 Å². The van der Waals surface area contributed by atoms with Crippen LogP contribution in [0.25, 0.3) is 6.20 Å². The number of hydrogen-bond donors (Lipinski definition) is 1. The van der Waals surface area contributed by atoms with E-state index >= 15 is 0 Å². The van der Waals surface area contributed by atoms with E-state index in [1.807, 2.05) is 36.4 Å². The van der Waals surface area contributed by atoms with Gasteiger partial charge in [0.1, 0.15) is 0 Å². The molecular weight excluding hydrogens is 290 g/mol. The summed E-state index contributed by atoms with van der Waals surface area (Å²) in [6.45, 7) is 2.08. The standard InChI is InChI=1S/C18H21N3O2/c1-2-3-4-5-6-10-14-20-17(22)13-15-21(18(20)23)19-16-11-8-7-9-12-16/h3-4,7-15,19H,2,5-6H2,1H3. The zero-order valence-corrected chi connectivity index (χ0v) is 13.2. The molecule has 1 aromatic heterocycles. The van der Waals surface area contributed by atoms with Crippen LogP contribution in [-0.4, -0.2) is 9.24 Å². The molecule has 23 heavy (non-hydrogen) atoms. The number of unbranched alkanes of at least 4 members (excludes halogenated alkanes) is 1. The Balaban J connectivity index is 2.15. The molecule has 2 rings (SSSR count). The number of hydrogen-bond acceptors (Lipinski definition) is 3. The number of aromatic nitrogens is 2. The van der Waals surface area contributed by atoms with E-state index in [9.17, 15) is 9.59 Å². The van der Waals surface area contributed by atoms with E-state index in [1.165, 1.54) is 23.1 Å². The van der Waals surface area contributed by atoms with Crippen LogP contribution in [0.4, 0.5) is 5.69 Å². The number of benzene rings is 1. The summed E-state index contributed by atoms with van der Waals surface area (Å²) >= 11 is 0. The van der Waals surface area contributed by atoms with Crippen LogP contribution < -0.4 is 16.7 Å². The van der Waals surface area contributed by atoms with Gasteiger partial charge in [0, 0.05) is 18.5 Å². The zero-order valence-electron chi connectivity index (χ0n) is 13.2. The number of anilines is 1. The van der Waals surface area contributed by atoms with Crippen molar-refractivity contribution >= 4 is 11.9 Å². The smallest absolute Gasteiger partial charge is 0.290 e. The molecule has 1 N–H and O–H groups in total. The molecule has 5 heteroatoms. The third kappa shape index (κ3) is 4.85. The molecule has 1 aromatic carbocycles. The van der Waals surface area contributed by atoms with Gasteiger partial charge in [0.25, 0.3) is 5.56 Å². The highest BCUT2D eigenvalue weighted by Gasteiger charge is 2.02. The highest BCUT2D eigenvalue weighted by molar-refractivity contribution is 5.42. The number of allylic oxidation sites excluding steroid dienone is 3. The van der Waals surface area contributed by atoms with Crippen molar-refractivity contribution in [3.63, 3.8) is 0 Å². The van der Waals surface area contributed by atoms with Crippen LogP contribution in [0.1, 0.15) is 26.2 Å². The van der Waals surface area contributed by atoms with Crippen LogP contribution in [0.3, 0.4) is 0 Å². The Morgan fingerprint density at radius 1 is 1.00 bits per heavy atom. The number of nitrogens with one attached hydrogen (secondary N) is 1. The Morgan fingerprint density at radius 2 is 1.74 bits per heavy atom. The summed E-state index contributed by atoms with van der Waals surface area (Å²) in [6.07, 6.45) is 11.7. The van der Waals surface area contributed by atoms with Gasteiger partial charge in [0.15, 0.2) is 0 Å². The van der Waals surface area contributed by atoms with Crippen LogP contribution in [-0.2, 0) is 0 Å². The van der Waals surface area contributed by atoms with Gasteiger partial charge in [-0.05, 0) is 31.4 Å². The average Bonchev–Trinajstić information content (AvgIpc) is 2.57. The lowest BCUT2D eigenvalue weighted by molar-refractivity contribution is 0.780. The summed E-state index contributed by atoms with van der Waals surface area (Å²) in [6, 6.07) is 10.7. The number of nitrogens with zero attached hydrogens (tertiary/aromatic N) is 2. The van der Waals surface area contributed by atoms with Gasteiger partial charge < -0.3 is 0 Å². The van der Waals surface area contributed by atoms with Crippen molar-refractivity contribution in [2.75, 3.05) is 5.43 Å². The first-order chi connectivity index (χ1) is 11.2. The van der Waals surface area contributed by atoms with Gasteiger partial charge in [-0.25, -0.2) is 14.0 Å². The fourth-order valence-corrected chi connectivity index (χ4v) is 2.02. The van der Waals surface area contributed by atoms with Crippen molar-refractivity contribution < 1.29 is 0 Å². The molecule has 0 radical (unpaired) electrons. The molecule has 0 saturated carbocycles. The van der Waals surface area contributed by atoms with E-state index in [-0.39, 0.29) is 5.56 Å². The molecule has 0 aliphatic rings. The summed E-state index contributed by atoms with van der Waals surface area (Å²) < 4.78 is 2.39. The average molecular weight is 311 g/mol. The maximum Gasteiger partial charge on any atom is 0.353 e. The quantitative estimate of drug-likeness (QED) is 0.631. The third-order valence-corrected chi connectivity index (χ3v) is 3.20. The molecule has 0 atom stereocenters. The first kappa shape index (κ1) is 16.5. The lowest BCUT2D eigenvalue weighted by atomic mass is 10.2. The molecule has 0 bridgehead atoms. The van der Waals surface area contributed by atoms with Crippen molar-refractivity contribution in [2.24, 2.45) is 0 Å². The molecule has 0 fully saturated rings. The Morgan fingerprint density at radius 3 is 2.48 bits per heavy atom. The summed E-state index contributed by atoms with van der Waals surface area (Å²) in [5.74, 6) is 0. The molecular formula is C18H21N3O2. The van der Waals surface area contributed by atoms with E-state index in [0.717, 1.165) is 29.5 Å². The number of para-hydroxylation sites is 1. The maximum atomic E-state index is 12.4. The molecule has 0 aliphatic carbocycles. The predicted octanol–water partition coefficient (Wildman–Crippen LogP) is 3.10. The molecule has 120 valence electrons. The Labute approximate surface area is 135 Å². The van der Waals surface area contributed by atoms with Crippen LogP contribution in [0, 0.1) is 0 Å². The second-order valence-corrected chi connectivity index (χ2v) is 5.00. The summed E-state index contributed by atoms with van der Waals surface area (Å²) in [5, 5.41) is 0. The molecule has 2 aromatic rings. The van der Waals surface area contributed by atoms with Gasteiger partial charge >= 0.3 is 5.69 Å². The van der Waals surface area contributed by atoms with Crippen LogP contribution in [0.2, 0.25) is 0 Å². The van der Waals surface area contributed by atoms with Crippen molar-refractivity contribution in [3.05, 3.63) is 81.7 Å².